The Hall–Kier alpha value is -3.09. The number of carbonyl (C=O) groups is 2. The van der Waals surface area contributed by atoms with Gasteiger partial charge in [0.1, 0.15) is 0 Å². The van der Waals surface area contributed by atoms with E-state index < -0.39 is 23.8 Å². The molecular weight excluding hydrogens is 383 g/mol. The van der Waals surface area contributed by atoms with Gasteiger partial charge in [0, 0.05) is 19.2 Å². The monoisotopic (exact) mass is 403 g/mol. The maximum atomic E-state index is 12.6. The second-order valence-corrected chi connectivity index (χ2v) is 6.81. The van der Waals surface area contributed by atoms with Gasteiger partial charge in [-0.05, 0) is 48.2 Å². The van der Waals surface area contributed by atoms with Crippen LogP contribution in [0.15, 0.2) is 54.6 Å². The number of rotatable bonds is 4. The van der Waals surface area contributed by atoms with E-state index in [0.717, 1.165) is 30.2 Å². The van der Waals surface area contributed by atoms with Gasteiger partial charge in [0.25, 0.3) is 5.91 Å². The largest absolute Gasteiger partial charge is 0.449 e. The van der Waals surface area contributed by atoms with E-state index in [9.17, 15) is 22.8 Å². The maximum absolute atomic E-state index is 12.6. The molecule has 29 heavy (non-hydrogen) atoms. The molecule has 0 N–H and O–H groups in total. The summed E-state index contributed by atoms with van der Waals surface area (Å²) in [5, 5.41) is 0. The molecular formula is C22H20F3NO3. The van der Waals surface area contributed by atoms with Crippen LogP contribution in [0, 0.1) is 0 Å². The van der Waals surface area contributed by atoms with Gasteiger partial charge in [-0.15, -0.1) is 0 Å². The number of alkyl halides is 3. The smallest absolute Gasteiger partial charge is 0.416 e. The van der Waals surface area contributed by atoms with Crippen molar-refractivity contribution in [3.8, 4) is 0 Å². The summed E-state index contributed by atoms with van der Waals surface area (Å²) in [6, 6.07) is 12.3. The molecule has 2 aromatic rings. The Labute approximate surface area is 166 Å². The van der Waals surface area contributed by atoms with Crippen LogP contribution in [0.2, 0.25) is 0 Å². The Morgan fingerprint density at radius 2 is 1.72 bits per heavy atom. The molecule has 1 atom stereocenters. The predicted octanol–water partition coefficient (Wildman–Crippen LogP) is 4.24. The van der Waals surface area contributed by atoms with E-state index in [-0.39, 0.29) is 5.91 Å². The number of halogens is 3. The van der Waals surface area contributed by atoms with Crippen molar-refractivity contribution >= 4 is 18.0 Å². The Kier molecular flexibility index (Phi) is 6.06. The highest BCUT2D eigenvalue weighted by Crippen LogP contribution is 2.29. The van der Waals surface area contributed by atoms with E-state index in [4.69, 9.17) is 4.74 Å². The summed E-state index contributed by atoms with van der Waals surface area (Å²) < 4.78 is 42.8. The fourth-order valence-corrected chi connectivity index (χ4v) is 3.15. The molecule has 2 aromatic carbocycles. The van der Waals surface area contributed by atoms with Gasteiger partial charge in [-0.3, -0.25) is 4.79 Å². The molecule has 0 aliphatic carbocycles. The summed E-state index contributed by atoms with van der Waals surface area (Å²) >= 11 is 0. The quantitative estimate of drug-likeness (QED) is 0.567. The minimum atomic E-state index is -4.41. The zero-order valence-corrected chi connectivity index (χ0v) is 15.8. The van der Waals surface area contributed by atoms with Crippen molar-refractivity contribution in [1.82, 2.24) is 4.90 Å². The average molecular weight is 403 g/mol. The van der Waals surface area contributed by atoms with Crippen LogP contribution in [0.5, 0.6) is 0 Å². The molecule has 0 spiro atoms. The van der Waals surface area contributed by atoms with Crippen molar-refractivity contribution in [3.05, 3.63) is 76.9 Å². The lowest BCUT2D eigenvalue weighted by atomic mass is 9.99. The summed E-state index contributed by atoms with van der Waals surface area (Å²) in [5.74, 6) is -1.01. The van der Waals surface area contributed by atoms with Gasteiger partial charge in [0.15, 0.2) is 6.10 Å². The van der Waals surface area contributed by atoms with Crippen molar-refractivity contribution in [2.45, 2.75) is 32.2 Å². The first-order valence-corrected chi connectivity index (χ1v) is 9.15. The van der Waals surface area contributed by atoms with Gasteiger partial charge in [0.05, 0.1) is 5.56 Å². The Morgan fingerprint density at radius 3 is 2.38 bits per heavy atom. The Bertz CT molecular complexity index is 920. The molecule has 1 amide bonds. The van der Waals surface area contributed by atoms with E-state index in [0.29, 0.717) is 18.7 Å². The first-order valence-electron chi connectivity index (χ1n) is 9.15. The van der Waals surface area contributed by atoms with Crippen molar-refractivity contribution in [2.75, 3.05) is 6.54 Å². The number of esters is 1. The van der Waals surface area contributed by atoms with Gasteiger partial charge >= 0.3 is 12.1 Å². The molecule has 3 rings (SSSR count). The lowest BCUT2D eigenvalue weighted by Gasteiger charge is -2.30. The Morgan fingerprint density at radius 1 is 1.07 bits per heavy atom. The van der Waals surface area contributed by atoms with Crippen molar-refractivity contribution in [3.63, 3.8) is 0 Å². The average Bonchev–Trinajstić information content (AvgIpc) is 2.71. The highest BCUT2D eigenvalue weighted by atomic mass is 19.4. The van der Waals surface area contributed by atoms with Crippen molar-refractivity contribution in [1.29, 1.82) is 0 Å². The summed E-state index contributed by atoms with van der Waals surface area (Å²) in [5.41, 5.74) is 1.94. The number of fused-ring (bicyclic) bond motifs is 1. The van der Waals surface area contributed by atoms with E-state index in [2.05, 4.69) is 0 Å². The van der Waals surface area contributed by atoms with Gasteiger partial charge in [0.2, 0.25) is 0 Å². The molecule has 7 heteroatoms. The SMILES string of the molecule is C[C@@H](OC(=O)/C=C/c1ccc(C(F)(F)F)cc1)C(=O)N1CCc2ccccc2C1. The van der Waals surface area contributed by atoms with Crippen molar-refractivity contribution in [2.24, 2.45) is 0 Å². The number of nitrogens with zero attached hydrogens (tertiary/aromatic N) is 1. The first kappa shape index (κ1) is 20.6. The number of hydrogen-bond acceptors (Lipinski definition) is 3. The molecule has 0 fully saturated rings. The number of benzene rings is 2. The number of ether oxygens (including phenoxy) is 1. The number of amides is 1. The minimum Gasteiger partial charge on any atom is -0.449 e. The molecule has 0 saturated heterocycles. The van der Waals surface area contributed by atoms with Crippen LogP contribution >= 0.6 is 0 Å². The van der Waals surface area contributed by atoms with Crippen LogP contribution in [0.25, 0.3) is 6.08 Å². The standard InChI is InChI=1S/C22H20F3NO3/c1-15(21(28)26-13-12-17-4-2-3-5-18(17)14-26)29-20(27)11-8-16-6-9-19(10-7-16)22(23,24)25/h2-11,15H,12-14H2,1H3/b11-8+/t15-/m1/s1. The molecule has 0 saturated carbocycles. The third kappa shape index (κ3) is 5.25. The van der Waals surface area contributed by atoms with E-state index in [1.54, 1.807) is 4.90 Å². The second-order valence-electron chi connectivity index (χ2n) is 6.81. The number of carbonyl (C=O) groups excluding carboxylic acids is 2. The zero-order valence-electron chi connectivity index (χ0n) is 15.8. The lowest BCUT2D eigenvalue weighted by Crippen LogP contribution is -2.42. The van der Waals surface area contributed by atoms with Crippen LogP contribution < -0.4 is 0 Å². The van der Waals surface area contributed by atoms with Crippen LogP contribution in [-0.4, -0.2) is 29.4 Å². The number of hydrogen-bond donors (Lipinski definition) is 0. The molecule has 4 nitrogen and oxygen atoms in total. The molecule has 1 heterocycles. The van der Waals surface area contributed by atoms with Crippen LogP contribution in [0.1, 0.15) is 29.2 Å². The van der Waals surface area contributed by atoms with Crippen LogP contribution in [0.3, 0.4) is 0 Å². The molecule has 152 valence electrons. The van der Waals surface area contributed by atoms with Gasteiger partial charge in [-0.25, -0.2) is 4.79 Å². The van der Waals surface area contributed by atoms with Gasteiger partial charge < -0.3 is 9.64 Å². The molecule has 1 aliphatic rings. The Balaban J connectivity index is 1.55. The van der Waals surface area contributed by atoms with Crippen LogP contribution in [0.4, 0.5) is 13.2 Å². The third-order valence-electron chi connectivity index (χ3n) is 4.73. The van der Waals surface area contributed by atoms with Crippen LogP contribution in [-0.2, 0) is 33.5 Å². The normalized spacial score (nSPS) is 15.1. The topological polar surface area (TPSA) is 46.6 Å². The second kappa shape index (κ2) is 8.51. The minimum absolute atomic E-state index is 0.282. The first-order chi connectivity index (χ1) is 13.7. The lowest BCUT2D eigenvalue weighted by molar-refractivity contribution is -0.155. The maximum Gasteiger partial charge on any atom is 0.416 e. The zero-order chi connectivity index (χ0) is 21.0. The predicted molar refractivity (Wildman–Crippen MR) is 102 cm³/mol. The van der Waals surface area contributed by atoms with Gasteiger partial charge in [-0.1, -0.05) is 36.4 Å². The molecule has 0 aromatic heterocycles. The summed E-state index contributed by atoms with van der Waals surface area (Å²) in [6.45, 7) is 2.53. The fraction of sp³-hybridized carbons (Fsp3) is 0.273. The highest BCUT2D eigenvalue weighted by Gasteiger charge is 2.30. The van der Waals surface area contributed by atoms with Gasteiger partial charge in [-0.2, -0.15) is 13.2 Å². The van der Waals surface area contributed by atoms with Crippen molar-refractivity contribution < 1.29 is 27.5 Å². The summed E-state index contributed by atoms with van der Waals surface area (Å²) in [7, 11) is 0. The molecule has 0 unspecified atom stereocenters. The third-order valence-corrected chi connectivity index (χ3v) is 4.73. The van der Waals surface area contributed by atoms with E-state index in [1.165, 1.54) is 30.7 Å². The van der Waals surface area contributed by atoms with E-state index in [1.807, 2.05) is 24.3 Å². The molecule has 0 bridgehead atoms. The summed E-state index contributed by atoms with van der Waals surface area (Å²) in [4.78, 5) is 26.2. The highest BCUT2D eigenvalue weighted by molar-refractivity contribution is 5.90. The summed E-state index contributed by atoms with van der Waals surface area (Å²) in [6.07, 6.45) is -2.18. The van der Waals surface area contributed by atoms with E-state index >= 15 is 0 Å². The molecule has 0 radical (unpaired) electrons. The molecule has 1 aliphatic heterocycles. The fourth-order valence-electron chi connectivity index (χ4n) is 3.15.